The van der Waals surface area contributed by atoms with Crippen LogP contribution in [0, 0.1) is 0 Å². The SMILES string of the molecule is NCCc1ncn2c1CN(c1ccccc1Br)CC2. The van der Waals surface area contributed by atoms with Crippen LogP contribution in [-0.2, 0) is 19.5 Å². The summed E-state index contributed by atoms with van der Waals surface area (Å²) in [6.07, 6.45) is 2.80. The van der Waals surface area contributed by atoms with E-state index in [0.29, 0.717) is 6.54 Å². The first-order chi connectivity index (χ1) is 9.29. The van der Waals surface area contributed by atoms with Crippen LogP contribution in [0.25, 0.3) is 0 Å². The summed E-state index contributed by atoms with van der Waals surface area (Å²) in [4.78, 5) is 6.87. The topological polar surface area (TPSA) is 47.1 Å². The summed E-state index contributed by atoms with van der Waals surface area (Å²) in [5, 5.41) is 0. The zero-order chi connectivity index (χ0) is 13.2. The summed E-state index contributed by atoms with van der Waals surface area (Å²) in [6.45, 7) is 3.54. The number of nitrogens with zero attached hydrogens (tertiary/aromatic N) is 3. The fraction of sp³-hybridized carbons (Fsp3) is 0.357. The Balaban J connectivity index is 1.89. The Morgan fingerprint density at radius 2 is 2.11 bits per heavy atom. The van der Waals surface area contributed by atoms with Crippen LogP contribution in [0.1, 0.15) is 11.4 Å². The van der Waals surface area contributed by atoms with E-state index < -0.39 is 0 Å². The van der Waals surface area contributed by atoms with Crippen LogP contribution in [0.2, 0.25) is 0 Å². The van der Waals surface area contributed by atoms with E-state index in [-0.39, 0.29) is 0 Å². The van der Waals surface area contributed by atoms with Gasteiger partial charge in [-0.1, -0.05) is 12.1 Å². The second kappa shape index (κ2) is 5.35. The van der Waals surface area contributed by atoms with Gasteiger partial charge >= 0.3 is 0 Å². The molecular formula is C14H17BrN4. The van der Waals surface area contributed by atoms with Crippen molar-refractivity contribution in [3.63, 3.8) is 0 Å². The number of hydrogen-bond acceptors (Lipinski definition) is 3. The van der Waals surface area contributed by atoms with E-state index in [1.165, 1.54) is 11.4 Å². The molecule has 2 heterocycles. The van der Waals surface area contributed by atoms with Crippen LogP contribution < -0.4 is 10.6 Å². The first-order valence-electron chi connectivity index (χ1n) is 6.52. The van der Waals surface area contributed by atoms with Gasteiger partial charge in [-0.05, 0) is 34.6 Å². The molecule has 1 aliphatic heterocycles. The molecule has 0 spiro atoms. The minimum absolute atomic E-state index is 0.652. The predicted octanol–water partition coefficient (Wildman–Crippen LogP) is 2.17. The largest absolute Gasteiger partial charge is 0.363 e. The molecule has 19 heavy (non-hydrogen) atoms. The van der Waals surface area contributed by atoms with E-state index in [2.05, 4.69) is 48.6 Å². The van der Waals surface area contributed by atoms with Crippen molar-refractivity contribution in [3.8, 4) is 0 Å². The summed E-state index contributed by atoms with van der Waals surface area (Å²) in [5.41, 5.74) is 9.33. The molecule has 0 amide bonds. The summed E-state index contributed by atoms with van der Waals surface area (Å²) in [6, 6.07) is 8.36. The lowest BCUT2D eigenvalue weighted by Crippen LogP contribution is -2.34. The van der Waals surface area contributed by atoms with Crippen molar-refractivity contribution in [2.45, 2.75) is 19.5 Å². The zero-order valence-corrected chi connectivity index (χ0v) is 12.3. The van der Waals surface area contributed by atoms with Gasteiger partial charge in [-0.2, -0.15) is 0 Å². The molecule has 0 fully saturated rings. The third-order valence-corrected chi connectivity index (χ3v) is 4.23. The summed E-state index contributed by atoms with van der Waals surface area (Å²) < 4.78 is 3.39. The van der Waals surface area contributed by atoms with Crippen LogP contribution in [0.4, 0.5) is 5.69 Å². The zero-order valence-electron chi connectivity index (χ0n) is 10.7. The molecule has 3 rings (SSSR count). The van der Waals surface area contributed by atoms with Gasteiger partial charge in [0, 0.05) is 24.0 Å². The van der Waals surface area contributed by atoms with Crippen molar-refractivity contribution in [1.29, 1.82) is 0 Å². The van der Waals surface area contributed by atoms with Gasteiger partial charge < -0.3 is 15.2 Å². The highest BCUT2D eigenvalue weighted by Crippen LogP contribution is 2.29. The van der Waals surface area contributed by atoms with Crippen molar-refractivity contribution in [3.05, 3.63) is 46.5 Å². The van der Waals surface area contributed by atoms with Crippen LogP contribution in [0.15, 0.2) is 35.1 Å². The molecule has 0 radical (unpaired) electrons. The monoisotopic (exact) mass is 320 g/mol. The van der Waals surface area contributed by atoms with Crippen LogP contribution >= 0.6 is 15.9 Å². The molecule has 100 valence electrons. The number of nitrogens with two attached hydrogens (primary N) is 1. The quantitative estimate of drug-likeness (QED) is 0.942. The van der Waals surface area contributed by atoms with Crippen LogP contribution in [0.5, 0.6) is 0 Å². The van der Waals surface area contributed by atoms with E-state index in [1.807, 2.05) is 12.4 Å². The fourth-order valence-corrected chi connectivity index (χ4v) is 3.11. The molecule has 0 aliphatic carbocycles. The molecule has 5 heteroatoms. The third-order valence-electron chi connectivity index (χ3n) is 3.56. The molecular weight excluding hydrogens is 304 g/mol. The maximum atomic E-state index is 5.65. The minimum atomic E-state index is 0.652. The van der Waals surface area contributed by atoms with Gasteiger partial charge in [0.15, 0.2) is 0 Å². The summed E-state index contributed by atoms with van der Waals surface area (Å²) in [5.74, 6) is 0. The second-order valence-electron chi connectivity index (χ2n) is 4.74. The molecule has 0 atom stereocenters. The van der Waals surface area contributed by atoms with Gasteiger partial charge in [0.05, 0.1) is 29.9 Å². The molecule has 1 aromatic carbocycles. The maximum absolute atomic E-state index is 5.65. The number of para-hydroxylation sites is 1. The fourth-order valence-electron chi connectivity index (χ4n) is 2.57. The van der Waals surface area contributed by atoms with E-state index in [1.54, 1.807) is 0 Å². The standard InChI is InChI=1S/C14H17BrN4/c15-11-3-1-2-4-13(11)18-7-8-19-10-17-12(5-6-16)14(19)9-18/h1-4,10H,5-9,16H2. The van der Waals surface area contributed by atoms with Crippen molar-refractivity contribution < 1.29 is 0 Å². The number of rotatable bonds is 3. The summed E-state index contributed by atoms with van der Waals surface area (Å²) >= 11 is 3.63. The number of halogens is 1. The number of anilines is 1. The Kier molecular flexibility index (Phi) is 3.57. The van der Waals surface area contributed by atoms with Crippen molar-refractivity contribution in [2.24, 2.45) is 5.73 Å². The number of imidazole rings is 1. The first-order valence-corrected chi connectivity index (χ1v) is 7.31. The molecule has 1 aliphatic rings. The number of hydrogen-bond donors (Lipinski definition) is 1. The normalized spacial score (nSPS) is 14.5. The lowest BCUT2D eigenvalue weighted by Gasteiger charge is -2.31. The van der Waals surface area contributed by atoms with Crippen molar-refractivity contribution in [1.82, 2.24) is 9.55 Å². The molecule has 4 nitrogen and oxygen atoms in total. The lowest BCUT2D eigenvalue weighted by atomic mass is 10.2. The summed E-state index contributed by atoms with van der Waals surface area (Å²) in [7, 11) is 0. The number of benzene rings is 1. The second-order valence-corrected chi connectivity index (χ2v) is 5.60. The molecule has 2 N–H and O–H groups in total. The number of fused-ring (bicyclic) bond motifs is 1. The lowest BCUT2D eigenvalue weighted by molar-refractivity contribution is 0.567. The molecule has 2 aromatic rings. The Morgan fingerprint density at radius 3 is 2.89 bits per heavy atom. The molecule has 0 bridgehead atoms. The Bertz CT molecular complexity index is 579. The molecule has 0 saturated carbocycles. The predicted molar refractivity (Wildman–Crippen MR) is 80.2 cm³/mol. The van der Waals surface area contributed by atoms with Gasteiger partial charge in [0.1, 0.15) is 0 Å². The van der Waals surface area contributed by atoms with Gasteiger partial charge in [-0.15, -0.1) is 0 Å². The van der Waals surface area contributed by atoms with Gasteiger partial charge in [0.2, 0.25) is 0 Å². The average Bonchev–Trinajstić information content (AvgIpc) is 2.82. The van der Waals surface area contributed by atoms with Crippen molar-refractivity contribution in [2.75, 3.05) is 18.0 Å². The smallest absolute Gasteiger partial charge is 0.0952 e. The highest BCUT2D eigenvalue weighted by Gasteiger charge is 2.21. The highest BCUT2D eigenvalue weighted by molar-refractivity contribution is 9.10. The average molecular weight is 321 g/mol. The van der Waals surface area contributed by atoms with Gasteiger partial charge in [0.25, 0.3) is 0 Å². The Morgan fingerprint density at radius 1 is 1.26 bits per heavy atom. The third kappa shape index (κ3) is 2.40. The van der Waals surface area contributed by atoms with E-state index in [9.17, 15) is 0 Å². The van der Waals surface area contributed by atoms with Crippen LogP contribution in [-0.4, -0.2) is 22.6 Å². The van der Waals surface area contributed by atoms with E-state index >= 15 is 0 Å². The Labute approximate surface area is 121 Å². The van der Waals surface area contributed by atoms with Crippen molar-refractivity contribution >= 4 is 21.6 Å². The molecule has 1 aromatic heterocycles. The number of aromatic nitrogens is 2. The Hall–Kier alpha value is -1.33. The van der Waals surface area contributed by atoms with Crippen LogP contribution in [0.3, 0.4) is 0 Å². The minimum Gasteiger partial charge on any atom is -0.363 e. The molecule has 0 unspecified atom stereocenters. The van der Waals surface area contributed by atoms with Gasteiger partial charge in [-0.3, -0.25) is 0 Å². The maximum Gasteiger partial charge on any atom is 0.0952 e. The van der Waals surface area contributed by atoms with E-state index in [4.69, 9.17) is 5.73 Å². The van der Waals surface area contributed by atoms with E-state index in [0.717, 1.165) is 36.2 Å². The first kappa shape index (κ1) is 12.7. The molecule has 0 saturated heterocycles. The highest BCUT2D eigenvalue weighted by atomic mass is 79.9. The van der Waals surface area contributed by atoms with Gasteiger partial charge in [-0.25, -0.2) is 4.98 Å².